The van der Waals surface area contributed by atoms with Gasteiger partial charge in [0.05, 0.1) is 0 Å². The molecule has 122 valence electrons. The smallest absolute Gasteiger partial charge is 0.326 e. The molecular weight excluding hydrogens is 296 g/mol. The number of aliphatic carboxylic acids is 1. The molecule has 0 bridgehead atoms. The molecule has 2 aliphatic carbocycles. The predicted molar refractivity (Wildman–Crippen MR) is 84.1 cm³/mol. The van der Waals surface area contributed by atoms with Crippen LogP contribution in [0.3, 0.4) is 0 Å². The molecule has 0 spiro atoms. The molecule has 1 atom stereocenters. The number of carboxylic acids is 1. The van der Waals surface area contributed by atoms with Crippen molar-refractivity contribution in [2.45, 2.75) is 44.7 Å². The van der Waals surface area contributed by atoms with E-state index in [-0.39, 0.29) is 23.8 Å². The highest BCUT2D eigenvalue weighted by Crippen LogP contribution is 2.32. The van der Waals surface area contributed by atoms with Crippen LogP contribution in [0.4, 0.5) is 5.69 Å². The van der Waals surface area contributed by atoms with Crippen molar-refractivity contribution in [2.24, 2.45) is 5.92 Å². The first-order valence-electron chi connectivity index (χ1n) is 7.94. The summed E-state index contributed by atoms with van der Waals surface area (Å²) in [6.45, 7) is 1.53. The van der Waals surface area contributed by atoms with Crippen molar-refractivity contribution in [1.82, 2.24) is 4.90 Å². The summed E-state index contributed by atoms with van der Waals surface area (Å²) < 4.78 is 0. The Morgan fingerprint density at radius 1 is 1.22 bits per heavy atom. The van der Waals surface area contributed by atoms with Crippen LogP contribution in [0.2, 0.25) is 0 Å². The lowest BCUT2D eigenvalue weighted by Crippen LogP contribution is -2.44. The normalized spacial score (nSPS) is 18.1. The summed E-state index contributed by atoms with van der Waals surface area (Å²) >= 11 is 0. The summed E-state index contributed by atoms with van der Waals surface area (Å²) in [7, 11) is 0. The van der Waals surface area contributed by atoms with Crippen LogP contribution in [0.5, 0.6) is 0 Å². The lowest BCUT2D eigenvalue weighted by Gasteiger charge is -2.26. The van der Waals surface area contributed by atoms with Crippen LogP contribution in [-0.2, 0) is 9.59 Å². The molecule has 6 heteroatoms. The summed E-state index contributed by atoms with van der Waals surface area (Å²) in [6, 6.07) is 5.84. The molecule has 2 amide bonds. The van der Waals surface area contributed by atoms with Crippen LogP contribution in [-0.4, -0.2) is 39.9 Å². The zero-order chi connectivity index (χ0) is 16.6. The number of hydrogen-bond donors (Lipinski definition) is 2. The average molecular weight is 316 g/mol. The molecule has 3 rings (SSSR count). The Morgan fingerprint density at radius 3 is 2.48 bits per heavy atom. The summed E-state index contributed by atoms with van der Waals surface area (Å²) in [5.74, 6) is -1.25. The molecule has 1 unspecified atom stereocenters. The maximum absolute atomic E-state index is 12.7. The standard InChI is InChI=1S/C17H20N2O4/c1-10(17(22)23)19(14-7-8-14)16(21)12-3-2-4-13(9-12)18-15(20)11-5-6-11/h2-4,9-11,14H,5-8H2,1H3,(H,18,20)(H,22,23). The number of carbonyl (C=O) groups is 3. The first kappa shape index (κ1) is 15.5. The summed E-state index contributed by atoms with van der Waals surface area (Å²) in [5, 5.41) is 12.0. The predicted octanol–water partition coefficient (Wildman–Crippen LogP) is 2.11. The Morgan fingerprint density at radius 2 is 1.91 bits per heavy atom. The number of anilines is 1. The Bertz CT molecular complexity index is 650. The fourth-order valence-corrected chi connectivity index (χ4v) is 2.60. The third-order valence-corrected chi connectivity index (χ3v) is 4.27. The first-order valence-corrected chi connectivity index (χ1v) is 7.94. The molecule has 6 nitrogen and oxygen atoms in total. The van der Waals surface area contributed by atoms with Gasteiger partial charge in [0.15, 0.2) is 0 Å². The van der Waals surface area contributed by atoms with Crippen LogP contribution in [0, 0.1) is 5.92 Å². The molecule has 0 aliphatic heterocycles. The van der Waals surface area contributed by atoms with Crippen molar-refractivity contribution < 1.29 is 19.5 Å². The third kappa shape index (κ3) is 3.52. The van der Waals surface area contributed by atoms with Gasteiger partial charge >= 0.3 is 5.97 Å². The molecule has 2 saturated carbocycles. The van der Waals surface area contributed by atoms with Crippen LogP contribution >= 0.6 is 0 Å². The fourth-order valence-electron chi connectivity index (χ4n) is 2.60. The third-order valence-electron chi connectivity index (χ3n) is 4.27. The van der Waals surface area contributed by atoms with E-state index in [9.17, 15) is 19.5 Å². The second-order valence-corrected chi connectivity index (χ2v) is 6.30. The van der Waals surface area contributed by atoms with E-state index >= 15 is 0 Å². The minimum absolute atomic E-state index is 0.00156. The molecule has 0 heterocycles. The highest BCUT2D eigenvalue weighted by molar-refractivity contribution is 5.99. The van der Waals surface area contributed by atoms with Gasteiger partial charge in [0.2, 0.25) is 5.91 Å². The summed E-state index contributed by atoms with van der Waals surface area (Å²) in [6.07, 6.45) is 3.50. The van der Waals surface area contributed by atoms with E-state index < -0.39 is 12.0 Å². The molecule has 0 aromatic heterocycles. The van der Waals surface area contributed by atoms with Crippen molar-refractivity contribution in [3.63, 3.8) is 0 Å². The number of hydrogen-bond acceptors (Lipinski definition) is 3. The van der Waals surface area contributed by atoms with Gasteiger partial charge in [-0.05, 0) is 50.8 Å². The highest BCUT2D eigenvalue weighted by atomic mass is 16.4. The van der Waals surface area contributed by atoms with Crippen LogP contribution in [0.15, 0.2) is 24.3 Å². The minimum Gasteiger partial charge on any atom is -0.480 e. The SMILES string of the molecule is CC(C(=O)O)N(C(=O)c1cccc(NC(=O)C2CC2)c1)C1CC1. The number of nitrogens with one attached hydrogen (secondary N) is 1. The molecule has 23 heavy (non-hydrogen) atoms. The van der Waals surface area contributed by atoms with Crippen LogP contribution in [0.25, 0.3) is 0 Å². The highest BCUT2D eigenvalue weighted by Gasteiger charge is 2.38. The van der Waals surface area contributed by atoms with Gasteiger partial charge < -0.3 is 15.3 Å². The monoisotopic (exact) mass is 316 g/mol. The quantitative estimate of drug-likeness (QED) is 0.841. The zero-order valence-corrected chi connectivity index (χ0v) is 13.0. The van der Waals surface area contributed by atoms with E-state index in [1.165, 1.54) is 11.8 Å². The fraction of sp³-hybridized carbons (Fsp3) is 0.471. The summed E-state index contributed by atoms with van der Waals surface area (Å²) in [5.41, 5.74) is 0.977. The number of carbonyl (C=O) groups excluding carboxylic acids is 2. The molecule has 1 aromatic carbocycles. The molecule has 0 radical (unpaired) electrons. The number of carboxylic acid groups (broad SMARTS) is 1. The van der Waals surface area contributed by atoms with Gasteiger partial charge in [0.1, 0.15) is 6.04 Å². The Labute approximate surface area is 134 Å². The number of rotatable bonds is 6. The van der Waals surface area contributed by atoms with E-state index in [2.05, 4.69) is 5.32 Å². The van der Waals surface area contributed by atoms with E-state index in [0.717, 1.165) is 25.7 Å². The van der Waals surface area contributed by atoms with E-state index in [1.54, 1.807) is 24.3 Å². The zero-order valence-electron chi connectivity index (χ0n) is 13.0. The number of amides is 2. The van der Waals surface area contributed by atoms with Crippen LogP contribution in [0.1, 0.15) is 43.0 Å². The lowest BCUT2D eigenvalue weighted by molar-refractivity contribution is -0.141. The van der Waals surface area contributed by atoms with Gasteiger partial charge in [0, 0.05) is 23.2 Å². The van der Waals surface area contributed by atoms with Crippen molar-refractivity contribution in [3.8, 4) is 0 Å². The average Bonchev–Trinajstić information content (AvgIpc) is 3.39. The maximum atomic E-state index is 12.7. The van der Waals surface area contributed by atoms with Gasteiger partial charge in [-0.25, -0.2) is 4.79 Å². The van der Waals surface area contributed by atoms with Crippen molar-refractivity contribution >= 4 is 23.5 Å². The largest absolute Gasteiger partial charge is 0.480 e. The Hall–Kier alpha value is -2.37. The van der Waals surface area contributed by atoms with Gasteiger partial charge in [-0.1, -0.05) is 6.07 Å². The summed E-state index contributed by atoms with van der Waals surface area (Å²) in [4.78, 5) is 37.2. The maximum Gasteiger partial charge on any atom is 0.326 e. The molecule has 2 aliphatic rings. The van der Waals surface area contributed by atoms with Gasteiger partial charge in [-0.3, -0.25) is 9.59 Å². The first-order chi connectivity index (χ1) is 11.0. The Kier molecular flexibility index (Phi) is 4.07. The molecular formula is C17H20N2O4. The van der Waals surface area contributed by atoms with E-state index in [0.29, 0.717) is 11.3 Å². The Balaban J connectivity index is 1.77. The topological polar surface area (TPSA) is 86.7 Å². The minimum atomic E-state index is -1.01. The van der Waals surface area contributed by atoms with Crippen LogP contribution < -0.4 is 5.32 Å². The molecule has 2 fully saturated rings. The molecule has 2 N–H and O–H groups in total. The second kappa shape index (κ2) is 6.02. The lowest BCUT2D eigenvalue weighted by atomic mass is 10.1. The van der Waals surface area contributed by atoms with Crippen molar-refractivity contribution in [1.29, 1.82) is 0 Å². The second-order valence-electron chi connectivity index (χ2n) is 6.30. The molecule has 1 aromatic rings. The number of nitrogens with zero attached hydrogens (tertiary/aromatic N) is 1. The van der Waals surface area contributed by atoms with Crippen molar-refractivity contribution in [3.05, 3.63) is 29.8 Å². The van der Waals surface area contributed by atoms with Gasteiger partial charge in [0.25, 0.3) is 5.91 Å². The number of benzene rings is 1. The van der Waals surface area contributed by atoms with Gasteiger partial charge in [-0.2, -0.15) is 0 Å². The van der Waals surface area contributed by atoms with E-state index in [4.69, 9.17) is 0 Å². The molecule has 0 saturated heterocycles. The van der Waals surface area contributed by atoms with Gasteiger partial charge in [-0.15, -0.1) is 0 Å². The van der Waals surface area contributed by atoms with Crippen molar-refractivity contribution in [2.75, 3.05) is 5.32 Å². The van der Waals surface area contributed by atoms with E-state index in [1.807, 2.05) is 0 Å².